The van der Waals surface area contributed by atoms with Crippen LogP contribution in [0.3, 0.4) is 0 Å². The topological polar surface area (TPSA) is 4.93 Å². The molecule has 2 aromatic rings. The molecule has 0 radical (unpaired) electrons. The molecule has 0 aliphatic rings. The van der Waals surface area contributed by atoms with E-state index in [0.717, 1.165) is 6.54 Å². The Morgan fingerprint density at radius 2 is 1.87 bits per heavy atom. The fraction of sp³-hybridized carbons (Fsp3) is 0.143. The highest BCUT2D eigenvalue weighted by molar-refractivity contribution is 5.63. The van der Waals surface area contributed by atoms with Crippen LogP contribution in [0.2, 0.25) is 0 Å². The second kappa shape index (κ2) is 4.18. The van der Waals surface area contributed by atoms with Crippen LogP contribution in [0.5, 0.6) is 0 Å². The summed E-state index contributed by atoms with van der Waals surface area (Å²) in [6.45, 7) is 6.95. The second-order valence-corrected chi connectivity index (χ2v) is 3.46. The monoisotopic (exact) mass is 197 g/mol. The molecule has 0 atom stereocenters. The minimum Gasteiger partial charge on any atom is -0.341 e. The van der Waals surface area contributed by atoms with E-state index >= 15 is 0 Å². The van der Waals surface area contributed by atoms with Gasteiger partial charge in [-0.05, 0) is 30.7 Å². The van der Waals surface area contributed by atoms with Crippen molar-refractivity contribution < 1.29 is 0 Å². The van der Waals surface area contributed by atoms with Gasteiger partial charge in [-0.15, -0.1) is 0 Å². The van der Waals surface area contributed by atoms with E-state index in [0.29, 0.717) is 0 Å². The molecule has 0 saturated carbocycles. The molecule has 0 N–H and O–H groups in total. The van der Waals surface area contributed by atoms with Crippen LogP contribution in [-0.2, 0) is 6.54 Å². The number of aromatic nitrogens is 1. The van der Waals surface area contributed by atoms with Crippen molar-refractivity contribution in [1.82, 2.24) is 4.57 Å². The van der Waals surface area contributed by atoms with Gasteiger partial charge in [0.25, 0.3) is 0 Å². The maximum absolute atomic E-state index is 3.83. The number of nitrogens with zero attached hydrogens (tertiary/aromatic N) is 1. The van der Waals surface area contributed by atoms with E-state index < -0.39 is 0 Å². The summed E-state index contributed by atoms with van der Waals surface area (Å²) in [5, 5.41) is 0. The minimum atomic E-state index is 0.971. The second-order valence-electron chi connectivity index (χ2n) is 3.46. The van der Waals surface area contributed by atoms with Gasteiger partial charge in [-0.1, -0.05) is 36.9 Å². The van der Waals surface area contributed by atoms with Gasteiger partial charge in [0.15, 0.2) is 0 Å². The first-order valence-electron chi connectivity index (χ1n) is 5.24. The lowest BCUT2D eigenvalue weighted by molar-refractivity contribution is 0.769. The number of benzene rings is 1. The zero-order valence-electron chi connectivity index (χ0n) is 8.98. The third kappa shape index (κ3) is 1.73. The SMILES string of the molecule is C=Cc1ccc(-c2ccccc2)n1CC. The first kappa shape index (κ1) is 9.78. The Labute approximate surface area is 90.7 Å². The quantitative estimate of drug-likeness (QED) is 0.705. The smallest absolute Gasteiger partial charge is 0.0484 e. The van der Waals surface area contributed by atoms with E-state index in [1.807, 2.05) is 12.1 Å². The van der Waals surface area contributed by atoms with Crippen LogP contribution in [0.1, 0.15) is 12.6 Å². The number of hydrogen-bond acceptors (Lipinski definition) is 0. The van der Waals surface area contributed by atoms with Gasteiger partial charge in [0.2, 0.25) is 0 Å². The molecule has 76 valence electrons. The van der Waals surface area contributed by atoms with Gasteiger partial charge < -0.3 is 4.57 Å². The largest absolute Gasteiger partial charge is 0.341 e. The Morgan fingerprint density at radius 1 is 1.13 bits per heavy atom. The van der Waals surface area contributed by atoms with E-state index in [9.17, 15) is 0 Å². The van der Waals surface area contributed by atoms with E-state index in [-0.39, 0.29) is 0 Å². The average Bonchev–Trinajstić information content (AvgIpc) is 2.72. The molecule has 1 heterocycles. The average molecular weight is 197 g/mol. The molecule has 2 rings (SSSR count). The molecule has 0 aliphatic heterocycles. The highest BCUT2D eigenvalue weighted by Gasteiger charge is 2.05. The van der Waals surface area contributed by atoms with Crippen LogP contribution in [0.25, 0.3) is 17.3 Å². The van der Waals surface area contributed by atoms with Gasteiger partial charge in [-0.3, -0.25) is 0 Å². The van der Waals surface area contributed by atoms with Gasteiger partial charge in [0, 0.05) is 17.9 Å². The summed E-state index contributed by atoms with van der Waals surface area (Å²) in [4.78, 5) is 0. The molecular weight excluding hydrogens is 182 g/mol. The number of rotatable bonds is 3. The Morgan fingerprint density at radius 3 is 2.47 bits per heavy atom. The van der Waals surface area contributed by atoms with Crippen molar-refractivity contribution in [2.75, 3.05) is 0 Å². The molecule has 0 spiro atoms. The molecule has 0 saturated heterocycles. The van der Waals surface area contributed by atoms with Crippen molar-refractivity contribution in [2.45, 2.75) is 13.5 Å². The fourth-order valence-corrected chi connectivity index (χ4v) is 1.88. The zero-order chi connectivity index (χ0) is 10.7. The normalized spacial score (nSPS) is 10.2. The van der Waals surface area contributed by atoms with Gasteiger partial charge in [-0.25, -0.2) is 0 Å². The Hall–Kier alpha value is -1.76. The Kier molecular flexibility index (Phi) is 2.72. The predicted octanol–water partition coefficient (Wildman–Crippen LogP) is 3.82. The van der Waals surface area contributed by atoms with Crippen molar-refractivity contribution in [3.05, 3.63) is 54.7 Å². The summed E-state index contributed by atoms with van der Waals surface area (Å²) in [5.41, 5.74) is 3.69. The minimum absolute atomic E-state index is 0.971. The molecule has 1 aromatic heterocycles. The van der Waals surface area contributed by atoms with Crippen LogP contribution in [0.15, 0.2) is 49.0 Å². The standard InChI is InChI=1S/C14H15N/c1-3-13-10-11-14(15(13)4-2)12-8-6-5-7-9-12/h3,5-11H,1,4H2,2H3. The lowest BCUT2D eigenvalue weighted by Crippen LogP contribution is -1.98. The molecule has 1 aromatic carbocycles. The van der Waals surface area contributed by atoms with Crippen LogP contribution < -0.4 is 0 Å². The van der Waals surface area contributed by atoms with Gasteiger partial charge >= 0.3 is 0 Å². The van der Waals surface area contributed by atoms with Crippen LogP contribution >= 0.6 is 0 Å². The highest BCUT2D eigenvalue weighted by atomic mass is 15.0. The molecule has 0 amide bonds. The number of hydrogen-bond donors (Lipinski definition) is 0. The van der Waals surface area contributed by atoms with Crippen molar-refractivity contribution in [1.29, 1.82) is 0 Å². The third-order valence-corrected chi connectivity index (χ3v) is 2.61. The molecule has 1 heteroatoms. The Balaban J connectivity index is 2.54. The molecular formula is C14H15N. The molecule has 0 unspecified atom stereocenters. The molecule has 0 aliphatic carbocycles. The van der Waals surface area contributed by atoms with E-state index in [1.54, 1.807) is 0 Å². The van der Waals surface area contributed by atoms with Crippen molar-refractivity contribution in [3.8, 4) is 11.3 Å². The van der Waals surface area contributed by atoms with Gasteiger partial charge in [-0.2, -0.15) is 0 Å². The van der Waals surface area contributed by atoms with Gasteiger partial charge in [0.05, 0.1) is 0 Å². The lowest BCUT2D eigenvalue weighted by Gasteiger charge is -2.08. The molecule has 1 nitrogen and oxygen atoms in total. The summed E-state index contributed by atoms with van der Waals surface area (Å²) in [6, 6.07) is 14.7. The first-order valence-corrected chi connectivity index (χ1v) is 5.24. The van der Waals surface area contributed by atoms with Crippen molar-refractivity contribution in [2.24, 2.45) is 0 Å². The summed E-state index contributed by atoms with van der Waals surface area (Å²) < 4.78 is 2.27. The fourth-order valence-electron chi connectivity index (χ4n) is 1.88. The van der Waals surface area contributed by atoms with E-state index in [2.05, 4.69) is 54.5 Å². The van der Waals surface area contributed by atoms with Crippen LogP contribution in [-0.4, -0.2) is 4.57 Å². The summed E-state index contributed by atoms with van der Waals surface area (Å²) in [6.07, 6.45) is 1.90. The van der Waals surface area contributed by atoms with Gasteiger partial charge in [0.1, 0.15) is 0 Å². The third-order valence-electron chi connectivity index (χ3n) is 2.61. The maximum Gasteiger partial charge on any atom is 0.0484 e. The van der Waals surface area contributed by atoms with E-state index in [1.165, 1.54) is 17.0 Å². The highest BCUT2D eigenvalue weighted by Crippen LogP contribution is 2.22. The zero-order valence-corrected chi connectivity index (χ0v) is 8.98. The summed E-state index contributed by atoms with van der Waals surface area (Å²) in [5.74, 6) is 0. The van der Waals surface area contributed by atoms with Crippen molar-refractivity contribution in [3.63, 3.8) is 0 Å². The Bertz CT molecular complexity index is 451. The van der Waals surface area contributed by atoms with E-state index in [4.69, 9.17) is 0 Å². The first-order chi connectivity index (χ1) is 7.36. The van der Waals surface area contributed by atoms with Crippen LogP contribution in [0, 0.1) is 0 Å². The van der Waals surface area contributed by atoms with Crippen LogP contribution in [0.4, 0.5) is 0 Å². The maximum atomic E-state index is 3.83. The lowest BCUT2D eigenvalue weighted by atomic mass is 10.1. The molecule has 0 fully saturated rings. The predicted molar refractivity (Wildman–Crippen MR) is 65.6 cm³/mol. The van der Waals surface area contributed by atoms with Crippen molar-refractivity contribution >= 4 is 6.08 Å². The molecule has 15 heavy (non-hydrogen) atoms. The summed E-state index contributed by atoms with van der Waals surface area (Å²) >= 11 is 0. The summed E-state index contributed by atoms with van der Waals surface area (Å²) in [7, 11) is 0. The molecule has 0 bridgehead atoms.